The van der Waals surface area contributed by atoms with Crippen molar-refractivity contribution < 1.29 is 10.2 Å². The van der Waals surface area contributed by atoms with Crippen LogP contribution in [0.1, 0.15) is 13.3 Å². The van der Waals surface area contributed by atoms with Crippen molar-refractivity contribution in [1.29, 1.82) is 0 Å². The third kappa shape index (κ3) is 2.09. The van der Waals surface area contributed by atoms with Crippen molar-refractivity contribution in [2.45, 2.75) is 25.0 Å². The fraction of sp³-hybridized carbons (Fsp3) is 1.00. The lowest BCUT2D eigenvalue weighted by Crippen LogP contribution is -2.53. The van der Waals surface area contributed by atoms with Crippen LogP contribution in [-0.4, -0.2) is 35.0 Å². The van der Waals surface area contributed by atoms with Crippen molar-refractivity contribution in [2.24, 2.45) is 0 Å². The maximum Gasteiger partial charge on any atom is 0.100 e. The van der Waals surface area contributed by atoms with Gasteiger partial charge in [-0.2, -0.15) is 0 Å². The predicted molar refractivity (Wildman–Crippen MR) is 41.4 cm³/mol. The highest BCUT2D eigenvalue weighted by atomic mass is 35.5. The number of aliphatic hydroxyl groups excluding tert-OH is 1. The standard InChI is InChI=1S/C6H13NO2.ClH/c1-6(9)4-7-3-2-5(6)8;/h5,7-9H,2-4H2,1H3;1H/t5?,6-;/m1./s1. The molecule has 1 heterocycles. The molecule has 1 unspecified atom stereocenters. The second kappa shape index (κ2) is 3.53. The fourth-order valence-corrected chi connectivity index (χ4v) is 1.01. The van der Waals surface area contributed by atoms with Gasteiger partial charge in [-0.3, -0.25) is 0 Å². The second-order valence-corrected chi connectivity index (χ2v) is 2.84. The van der Waals surface area contributed by atoms with E-state index in [1.165, 1.54) is 0 Å². The van der Waals surface area contributed by atoms with Crippen LogP contribution in [-0.2, 0) is 0 Å². The van der Waals surface area contributed by atoms with Crippen LogP contribution < -0.4 is 5.32 Å². The molecule has 3 N–H and O–H groups in total. The quantitative estimate of drug-likeness (QED) is 0.457. The van der Waals surface area contributed by atoms with Crippen molar-refractivity contribution >= 4 is 12.4 Å². The number of rotatable bonds is 0. The monoisotopic (exact) mass is 167 g/mol. The summed E-state index contributed by atoms with van der Waals surface area (Å²) in [4.78, 5) is 0. The summed E-state index contributed by atoms with van der Waals surface area (Å²) in [6, 6.07) is 0. The van der Waals surface area contributed by atoms with Crippen LogP contribution in [0.3, 0.4) is 0 Å². The predicted octanol–water partition coefficient (Wildman–Crippen LogP) is -0.487. The lowest BCUT2D eigenvalue weighted by molar-refractivity contribution is -0.0763. The molecule has 1 rings (SSSR count). The molecule has 0 radical (unpaired) electrons. The number of piperidine rings is 1. The lowest BCUT2D eigenvalue weighted by Gasteiger charge is -2.33. The van der Waals surface area contributed by atoms with Crippen LogP contribution in [0.2, 0.25) is 0 Å². The van der Waals surface area contributed by atoms with E-state index < -0.39 is 11.7 Å². The van der Waals surface area contributed by atoms with Gasteiger partial charge in [0.25, 0.3) is 0 Å². The SMILES string of the molecule is C[C@@]1(O)CNCCC1O.Cl. The molecule has 0 amide bonds. The summed E-state index contributed by atoms with van der Waals surface area (Å²) in [5.41, 5.74) is -0.918. The summed E-state index contributed by atoms with van der Waals surface area (Å²) in [6.07, 6.45) is 0.0891. The first-order chi connectivity index (χ1) is 4.13. The molecule has 2 atom stereocenters. The molecule has 3 nitrogen and oxygen atoms in total. The van der Waals surface area contributed by atoms with Gasteiger partial charge in [-0.15, -0.1) is 12.4 Å². The number of β-amino-alcohol motifs (C(OH)–C–C–N with tert-alkyl or cyclic N) is 1. The highest BCUT2D eigenvalue weighted by molar-refractivity contribution is 5.85. The molecule has 10 heavy (non-hydrogen) atoms. The number of hydrogen-bond acceptors (Lipinski definition) is 3. The Labute approximate surface area is 66.8 Å². The van der Waals surface area contributed by atoms with Gasteiger partial charge in [0.05, 0.1) is 6.10 Å². The van der Waals surface area contributed by atoms with Crippen LogP contribution in [0.25, 0.3) is 0 Å². The fourth-order valence-electron chi connectivity index (χ4n) is 1.01. The number of hydrogen-bond donors (Lipinski definition) is 3. The highest BCUT2D eigenvalue weighted by Gasteiger charge is 2.32. The summed E-state index contributed by atoms with van der Waals surface area (Å²) in [5, 5.41) is 21.5. The van der Waals surface area contributed by atoms with Crippen LogP contribution in [0.15, 0.2) is 0 Å². The van der Waals surface area contributed by atoms with E-state index in [4.69, 9.17) is 5.11 Å². The molecule has 1 saturated heterocycles. The van der Waals surface area contributed by atoms with E-state index in [0.717, 1.165) is 6.54 Å². The van der Waals surface area contributed by atoms with E-state index in [1.54, 1.807) is 6.92 Å². The van der Waals surface area contributed by atoms with Gasteiger partial charge in [0.2, 0.25) is 0 Å². The van der Waals surface area contributed by atoms with E-state index in [1.807, 2.05) is 0 Å². The largest absolute Gasteiger partial charge is 0.390 e. The van der Waals surface area contributed by atoms with Gasteiger partial charge in [-0.1, -0.05) is 0 Å². The molecule has 0 aliphatic carbocycles. The summed E-state index contributed by atoms with van der Waals surface area (Å²) < 4.78 is 0. The zero-order valence-electron chi connectivity index (χ0n) is 6.00. The molecule has 0 saturated carbocycles. The average molecular weight is 168 g/mol. The first-order valence-electron chi connectivity index (χ1n) is 3.24. The minimum Gasteiger partial charge on any atom is -0.390 e. The maximum absolute atomic E-state index is 9.33. The topological polar surface area (TPSA) is 52.5 Å². The highest BCUT2D eigenvalue weighted by Crippen LogP contribution is 2.14. The number of nitrogens with one attached hydrogen (secondary N) is 1. The molecule has 4 heteroatoms. The van der Waals surface area contributed by atoms with E-state index in [0.29, 0.717) is 13.0 Å². The van der Waals surface area contributed by atoms with Gasteiger partial charge in [0.1, 0.15) is 5.60 Å². The van der Waals surface area contributed by atoms with Gasteiger partial charge in [0, 0.05) is 6.54 Å². The zero-order chi connectivity index (χ0) is 6.91. The molecular formula is C6H14ClNO2. The molecule has 0 spiro atoms. The normalized spacial score (nSPS) is 40.5. The average Bonchev–Trinajstić information content (AvgIpc) is 1.77. The Balaban J connectivity index is 0.000000810. The molecule has 62 valence electrons. The summed E-state index contributed by atoms with van der Waals surface area (Å²) in [7, 11) is 0. The summed E-state index contributed by atoms with van der Waals surface area (Å²) in [5.74, 6) is 0. The minimum atomic E-state index is -0.918. The number of halogens is 1. The van der Waals surface area contributed by atoms with E-state index in [-0.39, 0.29) is 12.4 Å². The zero-order valence-corrected chi connectivity index (χ0v) is 6.82. The Kier molecular flexibility index (Phi) is 3.59. The van der Waals surface area contributed by atoms with Crippen molar-refractivity contribution in [1.82, 2.24) is 5.32 Å². The second-order valence-electron chi connectivity index (χ2n) is 2.84. The Morgan fingerprint density at radius 1 is 1.60 bits per heavy atom. The minimum absolute atomic E-state index is 0. The summed E-state index contributed by atoms with van der Waals surface area (Å²) >= 11 is 0. The van der Waals surface area contributed by atoms with Gasteiger partial charge in [-0.25, -0.2) is 0 Å². The molecule has 0 aromatic carbocycles. The van der Waals surface area contributed by atoms with E-state index >= 15 is 0 Å². The summed E-state index contributed by atoms with van der Waals surface area (Å²) in [6.45, 7) is 2.94. The van der Waals surface area contributed by atoms with Crippen LogP contribution in [0.5, 0.6) is 0 Å². The van der Waals surface area contributed by atoms with E-state index in [2.05, 4.69) is 5.32 Å². The molecule has 0 aromatic heterocycles. The first-order valence-corrected chi connectivity index (χ1v) is 3.24. The van der Waals surface area contributed by atoms with E-state index in [9.17, 15) is 5.11 Å². The van der Waals surface area contributed by atoms with Crippen molar-refractivity contribution in [3.05, 3.63) is 0 Å². The Morgan fingerprint density at radius 2 is 2.20 bits per heavy atom. The van der Waals surface area contributed by atoms with Crippen molar-refractivity contribution in [2.75, 3.05) is 13.1 Å². The Bertz CT molecular complexity index is 108. The maximum atomic E-state index is 9.33. The van der Waals surface area contributed by atoms with Crippen molar-refractivity contribution in [3.63, 3.8) is 0 Å². The van der Waals surface area contributed by atoms with Gasteiger partial charge in [0.15, 0.2) is 0 Å². The Hall–Kier alpha value is 0.170. The van der Waals surface area contributed by atoms with Crippen LogP contribution in [0, 0.1) is 0 Å². The molecule has 1 fully saturated rings. The van der Waals surface area contributed by atoms with Crippen LogP contribution in [0.4, 0.5) is 0 Å². The third-order valence-electron chi connectivity index (χ3n) is 1.80. The number of aliphatic hydroxyl groups is 2. The van der Waals surface area contributed by atoms with Gasteiger partial charge >= 0.3 is 0 Å². The van der Waals surface area contributed by atoms with Gasteiger partial charge < -0.3 is 15.5 Å². The Morgan fingerprint density at radius 3 is 2.50 bits per heavy atom. The van der Waals surface area contributed by atoms with Gasteiger partial charge in [-0.05, 0) is 19.9 Å². The molecular weight excluding hydrogens is 154 g/mol. The lowest BCUT2D eigenvalue weighted by atomic mass is 9.93. The molecule has 1 aliphatic rings. The van der Waals surface area contributed by atoms with Crippen LogP contribution >= 0.6 is 12.4 Å². The molecule has 0 aromatic rings. The molecule has 0 bridgehead atoms. The third-order valence-corrected chi connectivity index (χ3v) is 1.80. The van der Waals surface area contributed by atoms with Crippen molar-refractivity contribution in [3.8, 4) is 0 Å². The smallest absolute Gasteiger partial charge is 0.100 e. The first kappa shape index (κ1) is 10.2. The molecule has 1 aliphatic heterocycles.